The molecule has 1 atom stereocenters. The van der Waals surface area contributed by atoms with Crippen molar-refractivity contribution >= 4 is 34.9 Å². The Balaban J connectivity index is 1.91. The first-order chi connectivity index (χ1) is 10.5. The van der Waals surface area contributed by atoms with Gasteiger partial charge in [-0.2, -0.15) is 0 Å². The second-order valence-electron chi connectivity index (χ2n) is 4.50. The standard InChI is InChI=1S/C15H13Cl2FN2O2/c16-9-5-6-13(11(17)7-9)20-15(22)19-8-14(21)10-3-1-2-4-12(10)18/h1-7,14,21H,8H2,(H2,19,20,22). The fourth-order valence-corrected chi connectivity index (χ4v) is 2.26. The van der Waals surface area contributed by atoms with Crippen LogP contribution < -0.4 is 10.6 Å². The van der Waals surface area contributed by atoms with E-state index in [4.69, 9.17) is 23.2 Å². The second-order valence-corrected chi connectivity index (χ2v) is 5.34. The largest absolute Gasteiger partial charge is 0.386 e. The number of hydrogen-bond acceptors (Lipinski definition) is 2. The number of urea groups is 1. The van der Waals surface area contributed by atoms with Crippen molar-refractivity contribution in [2.75, 3.05) is 11.9 Å². The molecule has 1 unspecified atom stereocenters. The van der Waals surface area contributed by atoms with Gasteiger partial charge in [-0.25, -0.2) is 9.18 Å². The summed E-state index contributed by atoms with van der Waals surface area (Å²) < 4.78 is 13.5. The zero-order valence-corrected chi connectivity index (χ0v) is 12.8. The Morgan fingerprint density at radius 1 is 1.23 bits per heavy atom. The summed E-state index contributed by atoms with van der Waals surface area (Å²) in [5.41, 5.74) is 0.497. The molecule has 0 heterocycles. The third-order valence-electron chi connectivity index (χ3n) is 2.90. The zero-order valence-electron chi connectivity index (χ0n) is 11.3. The van der Waals surface area contributed by atoms with Crippen molar-refractivity contribution in [3.05, 3.63) is 63.9 Å². The molecule has 2 aromatic carbocycles. The smallest absolute Gasteiger partial charge is 0.319 e. The van der Waals surface area contributed by atoms with Gasteiger partial charge in [-0.1, -0.05) is 41.4 Å². The topological polar surface area (TPSA) is 61.4 Å². The number of benzene rings is 2. The van der Waals surface area contributed by atoms with Crippen LogP contribution in [0.15, 0.2) is 42.5 Å². The van der Waals surface area contributed by atoms with Gasteiger partial charge >= 0.3 is 6.03 Å². The van der Waals surface area contributed by atoms with E-state index in [1.807, 2.05) is 0 Å². The van der Waals surface area contributed by atoms with Gasteiger partial charge in [0.15, 0.2) is 0 Å². The number of carbonyl (C=O) groups excluding carboxylic acids is 1. The van der Waals surface area contributed by atoms with Crippen LogP contribution >= 0.6 is 23.2 Å². The fraction of sp³-hybridized carbons (Fsp3) is 0.133. The molecular formula is C15H13Cl2FN2O2. The molecule has 7 heteroatoms. The van der Waals surface area contributed by atoms with Crippen LogP contribution in [0.2, 0.25) is 10.0 Å². The number of carbonyl (C=O) groups is 1. The lowest BCUT2D eigenvalue weighted by molar-refractivity contribution is 0.170. The molecule has 0 aliphatic heterocycles. The highest BCUT2D eigenvalue weighted by molar-refractivity contribution is 6.36. The number of aliphatic hydroxyl groups is 1. The zero-order chi connectivity index (χ0) is 16.1. The third kappa shape index (κ3) is 4.34. The normalized spacial score (nSPS) is 11.8. The van der Waals surface area contributed by atoms with Crippen molar-refractivity contribution in [3.8, 4) is 0 Å². The molecule has 3 N–H and O–H groups in total. The lowest BCUT2D eigenvalue weighted by atomic mass is 10.1. The Bertz CT molecular complexity index is 682. The molecule has 0 aromatic heterocycles. The Hall–Kier alpha value is -1.82. The minimum absolute atomic E-state index is 0.118. The minimum Gasteiger partial charge on any atom is -0.386 e. The molecule has 0 aliphatic carbocycles. The first kappa shape index (κ1) is 16.5. The van der Waals surface area contributed by atoms with E-state index in [1.165, 1.54) is 24.3 Å². The minimum atomic E-state index is -1.15. The predicted molar refractivity (Wildman–Crippen MR) is 84.8 cm³/mol. The Morgan fingerprint density at radius 3 is 2.64 bits per heavy atom. The molecule has 2 rings (SSSR count). The summed E-state index contributed by atoms with van der Waals surface area (Å²) in [4.78, 5) is 11.8. The van der Waals surface area contributed by atoms with Gasteiger partial charge in [-0.05, 0) is 24.3 Å². The molecule has 4 nitrogen and oxygen atoms in total. The van der Waals surface area contributed by atoms with Crippen LogP contribution in [0.3, 0.4) is 0 Å². The maximum Gasteiger partial charge on any atom is 0.319 e. The van der Waals surface area contributed by atoms with Crippen molar-refractivity contribution in [1.82, 2.24) is 5.32 Å². The predicted octanol–water partition coefficient (Wildman–Crippen LogP) is 3.99. The van der Waals surface area contributed by atoms with Crippen molar-refractivity contribution in [1.29, 1.82) is 0 Å². The third-order valence-corrected chi connectivity index (χ3v) is 3.45. The summed E-state index contributed by atoms with van der Waals surface area (Å²) >= 11 is 11.7. The number of aliphatic hydroxyl groups excluding tert-OH is 1. The van der Waals surface area contributed by atoms with E-state index in [0.717, 1.165) is 0 Å². The first-order valence-corrected chi connectivity index (χ1v) is 7.15. The van der Waals surface area contributed by atoms with Crippen LogP contribution in [-0.2, 0) is 0 Å². The number of nitrogens with one attached hydrogen (secondary N) is 2. The summed E-state index contributed by atoms with van der Waals surface area (Å²) in [7, 11) is 0. The quantitative estimate of drug-likeness (QED) is 0.786. The van der Waals surface area contributed by atoms with Crippen LogP contribution in [0.4, 0.5) is 14.9 Å². The van der Waals surface area contributed by atoms with E-state index < -0.39 is 18.0 Å². The molecule has 0 saturated carbocycles. The molecule has 0 saturated heterocycles. The maximum atomic E-state index is 13.5. The molecule has 116 valence electrons. The van der Waals surface area contributed by atoms with Crippen molar-refractivity contribution in [2.24, 2.45) is 0 Å². The highest BCUT2D eigenvalue weighted by atomic mass is 35.5. The van der Waals surface area contributed by atoms with Crippen LogP contribution in [0.1, 0.15) is 11.7 Å². The molecule has 0 aliphatic rings. The Labute approximate surface area is 136 Å². The van der Waals surface area contributed by atoms with E-state index in [1.54, 1.807) is 18.2 Å². The van der Waals surface area contributed by atoms with Crippen LogP contribution in [0.5, 0.6) is 0 Å². The number of anilines is 1. The lowest BCUT2D eigenvalue weighted by Gasteiger charge is -2.14. The molecule has 0 spiro atoms. The summed E-state index contributed by atoms with van der Waals surface area (Å²) in [6, 6.07) is 9.88. The van der Waals surface area contributed by atoms with E-state index in [9.17, 15) is 14.3 Å². The summed E-state index contributed by atoms with van der Waals surface area (Å²) in [6.45, 7) is -0.141. The van der Waals surface area contributed by atoms with Gasteiger partial charge in [0.1, 0.15) is 5.82 Å². The molecule has 0 bridgehead atoms. The van der Waals surface area contributed by atoms with Gasteiger partial charge in [0.25, 0.3) is 0 Å². The highest BCUT2D eigenvalue weighted by Crippen LogP contribution is 2.25. The Kier molecular flexibility index (Phi) is 5.60. The number of amides is 2. The van der Waals surface area contributed by atoms with Gasteiger partial charge in [0.2, 0.25) is 0 Å². The number of rotatable bonds is 4. The number of halogens is 3. The second kappa shape index (κ2) is 7.45. The van der Waals surface area contributed by atoms with E-state index >= 15 is 0 Å². The SMILES string of the molecule is O=C(NCC(O)c1ccccc1F)Nc1ccc(Cl)cc1Cl. The number of hydrogen-bond donors (Lipinski definition) is 3. The first-order valence-electron chi connectivity index (χ1n) is 6.40. The monoisotopic (exact) mass is 342 g/mol. The Morgan fingerprint density at radius 2 is 1.95 bits per heavy atom. The van der Waals surface area contributed by atoms with Gasteiger partial charge in [-0.3, -0.25) is 0 Å². The highest BCUT2D eigenvalue weighted by Gasteiger charge is 2.13. The van der Waals surface area contributed by atoms with E-state index in [-0.39, 0.29) is 17.1 Å². The maximum absolute atomic E-state index is 13.5. The van der Waals surface area contributed by atoms with Gasteiger partial charge in [0.05, 0.1) is 16.8 Å². The van der Waals surface area contributed by atoms with Gasteiger partial charge < -0.3 is 15.7 Å². The van der Waals surface area contributed by atoms with Crippen LogP contribution in [0, 0.1) is 5.82 Å². The average molecular weight is 343 g/mol. The van der Waals surface area contributed by atoms with Crippen LogP contribution in [-0.4, -0.2) is 17.7 Å². The molecule has 22 heavy (non-hydrogen) atoms. The van der Waals surface area contributed by atoms with Crippen molar-refractivity contribution in [2.45, 2.75) is 6.10 Å². The molecular weight excluding hydrogens is 330 g/mol. The summed E-state index contributed by atoms with van der Waals surface area (Å²) in [5, 5.41) is 15.6. The summed E-state index contributed by atoms with van der Waals surface area (Å²) in [5.74, 6) is -0.530. The molecule has 0 radical (unpaired) electrons. The summed E-state index contributed by atoms with van der Waals surface area (Å²) in [6.07, 6.45) is -1.15. The van der Waals surface area contributed by atoms with Crippen LogP contribution in [0.25, 0.3) is 0 Å². The van der Waals surface area contributed by atoms with Gasteiger partial charge in [-0.15, -0.1) is 0 Å². The van der Waals surface area contributed by atoms with Gasteiger partial charge in [0, 0.05) is 17.1 Å². The van der Waals surface area contributed by atoms with Crippen molar-refractivity contribution < 1.29 is 14.3 Å². The van der Waals surface area contributed by atoms with E-state index in [0.29, 0.717) is 10.7 Å². The van der Waals surface area contributed by atoms with E-state index in [2.05, 4.69) is 10.6 Å². The molecule has 2 aromatic rings. The van der Waals surface area contributed by atoms with Crippen molar-refractivity contribution in [3.63, 3.8) is 0 Å². The molecule has 0 fully saturated rings. The molecule has 2 amide bonds. The lowest BCUT2D eigenvalue weighted by Crippen LogP contribution is -2.32. The average Bonchev–Trinajstić information content (AvgIpc) is 2.48. The fourth-order valence-electron chi connectivity index (χ4n) is 1.80.